The highest BCUT2D eigenvalue weighted by Gasteiger charge is 2.41. The number of allylic oxidation sites excluding steroid dienone is 1. The lowest BCUT2D eigenvalue weighted by atomic mass is 9.77. The number of pyridine rings is 1. The number of aliphatic carboxylic acids is 1. The number of hydrogen-bond acceptors (Lipinski definition) is 3. The largest absolute Gasteiger partial charge is 0.481 e. The van der Waals surface area contributed by atoms with Gasteiger partial charge in [-0.1, -0.05) is 12.1 Å². The van der Waals surface area contributed by atoms with Gasteiger partial charge in [-0.2, -0.15) is 0 Å². The molecule has 5 heteroatoms. The van der Waals surface area contributed by atoms with Gasteiger partial charge in [0.1, 0.15) is 5.82 Å². The molecule has 0 radical (unpaired) electrons. The van der Waals surface area contributed by atoms with Crippen molar-refractivity contribution in [1.82, 2.24) is 14.3 Å². The molecule has 1 atom stereocenters. The van der Waals surface area contributed by atoms with Crippen molar-refractivity contribution in [1.29, 1.82) is 0 Å². The van der Waals surface area contributed by atoms with Crippen LogP contribution < -0.4 is 0 Å². The minimum atomic E-state index is -0.715. The molecule has 0 spiro atoms. The number of fused-ring (bicyclic) bond motifs is 1. The summed E-state index contributed by atoms with van der Waals surface area (Å²) < 4.78 is 2.08. The number of likely N-dealkylation sites (tertiary alicyclic amines) is 1. The molecule has 1 saturated heterocycles. The number of nitrogens with zero attached hydrogens (tertiary/aromatic N) is 3. The van der Waals surface area contributed by atoms with E-state index in [2.05, 4.69) is 26.9 Å². The molecule has 3 heterocycles. The molecule has 0 aromatic carbocycles. The second kappa shape index (κ2) is 6.16. The average molecular weight is 313 g/mol. The fourth-order valence-corrected chi connectivity index (χ4v) is 3.66. The van der Waals surface area contributed by atoms with Crippen LogP contribution in [-0.2, 0) is 11.3 Å². The van der Waals surface area contributed by atoms with Crippen molar-refractivity contribution in [2.45, 2.75) is 32.7 Å². The van der Waals surface area contributed by atoms with Crippen molar-refractivity contribution >= 4 is 11.5 Å². The second-order valence-corrected chi connectivity index (χ2v) is 6.45. The number of imidazole rings is 1. The van der Waals surface area contributed by atoms with E-state index >= 15 is 0 Å². The van der Waals surface area contributed by atoms with Crippen molar-refractivity contribution in [2.75, 3.05) is 13.1 Å². The molecule has 2 aromatic heterocycles. The molecule has 0 aliphatic carbocycles. The van der Waals surface area contributed by atoms with Gasteiger partial charge in [0, 0.05) is 19.3 Å². The van der Waals surface area contributed by atoms with Crippen molar-refractivity contribution in [3.8, 4) is 0 Å². The van der Waals surface area contributed by atoms with Crippen LogP contribution in [0.25, 0.3) is 5.52 Å². The Balaban J connectivity index is 1.84. The van der Waals surface area contributed by atoms with E-state index in [-0.39, 0.29) is 0 Å². The molecular formula is C18H23N3O2. The lowest BCUT2D eigenvalue weighted by molar-refractivity contribution is -0.152. The molecule has 1 aliphatic rings. The zero-order valence-corrected chi connectivity index (χ0v) is 13.5. The topological polar surface area (TPSA) is 57.8 Å². The van der Waals surface area contributed by atoms with Gasteiger partial charge in [-0.15, -0.1) is 6.58 Å². The van der Waals surface area contributed by atoms with Gasteiger partial charge in [-0.25, -0.2) is 4.98 Å². The van der Waals surface area contributed by atoms with Crippen molar-refractivity contribution < 1.29 is 9.90 Å². The lowest BCUT2D eigenvalue weighted by Crippen LogP contribution is -2.47. The first-order valence-electron chi connectivity index (χ1n) is 8.05. The maximum absolute atomic E-state index is 11.8. The number of aromatic nitrogens is 2. The SMILES string of the molecule is C=CC[C@@]1(C(=O)O)CCCN(Cc2nc(C)n3ccccc23)C1. The van der Waals surface area contributed by atoms with Gasteiger partial charge in [-0.05, 0) is 44.9 Å². The fraction of sp³-hybridized carbons (Fsp3) is 0.444. The van der Waals surface area contributed by atoms with Crippen molar-refractivity contribution in [3.05, 3.63) is 48.6 Å². The maximum atomic E-state index is 11.8. The summed E-state index contributed by atoms with van der Waals surface area (Å²) in [6.07, 6.45) is 5.87. The van der Waals surface area contributed by atoms with Gasteiger partial charge in [0.15, 0.2) is 0 Å². The van der Waals surface area contributed by atoms with E-state index in [0.717, 1.165) is 30.0 Å². The molecule has 0 amide bonds. The van der Waals surface area contributed by atoms with Gasteiger partial charge in [0.25, 0.3) is 0 Å². The summed E-state index contributed by atoms with van der Waals surface area (Å²) in [6.45, 7) is 7.89. The number of aryl methyl sites for hydroxylation is 1. The Kier molecular flexibility index (Phi) is 4.22. The molecular weight excluding hydrogens is 290 g/mol. The number of carboxylic acids is 1. The Bertz CT molecular complexity index is 737. The molecule has 2 aromatic rings. The summed E-state index contributed by atoms with van der Waals surface area (Å²) in [5, 5.41) is 9.69. The van der Waals surface area contributed by atoms with Crippen LogP contribution in [0.3, 0.4) is 0 Å². The van der Waals surface area contributed by atoms with E-state index in [4.69, 9.17) is 0 Å². The van der Waals surface area contributed by atoms with E-state index in [1.807, 2.05) is 25.3 Å². The van der Waals surface area contributed by atoms with Crippen LogP contribution in [0.1, 0.15) is 30.8 Å². The first-order chi connectivity index (χ1) is 11.1. The monoisotopic (exact) mass is 313 g/mol. The van der Waals surface area contributed by atoms with Crippen LogP contribution in [0.4, 0.5) is 0 Å². The number of carboxylic acid groups (broad SMARTS) is 1. The first kappa shape index (κ1) is 15.7. The summed E-state index contributed by atoms with van der Waals surface area (Å²) in [5.41, 5.74) is 1.41. The van der Waals surface area contributed by atoms with E-state index < -0.39 is 11.4 Å². The van der Waals surface area contributed by atoms with E-state index in [9.17, 15) is 9.90 Å². The fourth-order valence-electron chi connectivity index (χ4n) is 3.66. The molecule has 122 valence electrons. The zero-order chi connectivity index (χ0) is 16.4. The van der Waals surface area contributed by atoms with Crippen molar-refractivity contribution in [3.63, 3.8) is 0 Å². The molecule has 1 N–H and O–H groups in total. The summed E-state index contributed by atoms with van der Waals surface area (Å²) in [6, 6.07) is 6.06. The van der Waals surface area contributed by atoms with E-state index in [1.165, 1.54) is 0 Å². The smallest absolute Gasteiger partial charge is 0.311 e. The minimum absolute atomic E-state index is 0.516. The molecule has 1 fully saturated rings. The van der Waals surface area contributed by atoms with Gasteiger partial charge >= 0.3 is 5.97 Å². The van der Waals surface area contributed by atoms with Gasteiger partial charge in [0.2, 0.25) is 0 Å². The third-order valence-corrected chi connectivity index (χ3v) is 4.82. The molecule has 23 heavy (non-hydrogen) atoms. The van der Waals surface area contributed by atoms with E-state index in [1.54, 1.807) is 6.08 Å². The van der Waals surface area contributed by atoms with Gasteiger partial charge in [0.05, 0.1) is 16.6 Å². The number of rotatable bonds is 5. The molecule has 3 rings (SSSR count). The Labute approximate surface area is 136 Å². The Morgan fingerprint density at radius 1 is 1.52 bits per heavy atom. The Morgan fingerprint density at radius 3 is 3.09 bits per heavy atom. The highest BCUT2D eigenvalue weighted by Crippen LogP contribution is 2.35. The number of piperidine rings is 1. The number of hydrogen-bond donors (Lipinski definition) is 1. The van der Waals surface area contributed by atoms with Crippen LogP contribution in [0, 0.1) is 12.3 Å². The van der Waals surface area contributed by atoms with Gasteiger partial charge < -0.3 is 9.51 Å². The van der Waals surface area contributed by atoms with Crippen LogP contribution >= 0.6 is 0 Å². The summed E-state index contributed by atoms with van der Waals surface area (Å²) in [5.74, 6) is 0.246. The highest BCUT2D eigenvalue weighted by molar-refractivity contribution is 5.75. The van der Waals surface area contributed by atoms with Crippen LogP contribution in [0.2, 0.25) is 0 Å². The van der Waals surface area contributed by atoms with Gasteiger partial charge in [-0.3, -0.25) is 9.69 Å². The van der Waals surface area contributed by atoms with Crippen LogP contribution in [0.5, 0.6) is 0 Å². The predicted molar refractivity (Wildman–Crippen MR) is 89.3 cm³/mol. The predicted octanol–water partition coefficient (Wildman–Crippen LogP) is 2.89. The first-order valence-corrected chi connectivity index (χ1v) is 8.05. The number of carbonyl (C=O) groups is 1. The zero-order valence-electron chi connectivity index (χ0n) is 13.5. The normalized spacial score (nSPS) is 22.3. The standard InChI is InChI=1S/C18H23N3O2/c1-3-8-18(17(22)23)9-6-10-20(13-18)12-15-16-7-4-5-11-21(16)14(2)19-15/h3-5,7,11H,1,6,8-10,12-13H2,2H3,(H,22,23)/t18-/m1/s1. The molecule has 0 bridgehead atoms. The second-order valence-electron chi connectivity index (χ2n) is 6.45. The quantitative estimate of drug-likeness (QED) is 0.862. The molecule has 5 nitrogen and oxygen atoms in total. The molecule has 1 aliphatic heterocycles. The van der Waals surface area contributed by atoms with Crippen LogP contribution in [0.15, 0.2) is 37.1 Å². The van der Waals surface area contributed by atoms with E-state index in [0.29, 0.717) is 25.9 Å². The van der Waals surface area contributed by atoms with Crippen LogP contribution in [-0.4, -0.2) is 38.4 Å². The minimum Gasteiger partial charge on any atom is -0.481 e. The lowest BCUT2D eigenvalue weighted by Gasteiger charge is -2.39. The summed E-state index contributed by atoms with van der Waals surface area (Å²) in [4.78, 5) is 18.7. The highest BCUT2D eigenvalue weighted by atomic mass is 16.4. The summed E-state index contributed by atoms with van der Waals surface area (Å²) in [7, 11) is 0. The molecule has 0 unspecified atom stereocenters. The Hall–Kier alpha value is -2.14. The third-order valence-electron chi connectivity index (χ3n) is 4.82. The van der Waals surface area contributed by atoms with Crippen molar-refractivity contribution in [2.24, 2.45) is 5.41 Å². The maximum Gasteiger partial charge on any atom is 0.311 e. The Morgan fingerprint density at radius 2 is 2.35 bits per heavy atom. The average Bonchev–Trinajstić information content (AvgIpc) is 2.85. The summed E-state index contributed by atoms with van der Waals surface area (Å²) >= 11 is 0. The third kappa shape index (κ3) is 2.88. The molecule has 0 saturated carbocycles.